The minimum Gasteiger partial charge on any atom is -0.369 e. The van der Waals surface area contributed by atoms with Crippen molar-refractivity contribution in [3.63, 3.8) is 0 Å². The fourth-order valence-corrected chi connectivity index (χ4v) is 5.53. The smallest absolute Gasteiger partial charge is 0.300 e. The van der Waals surface area contributed by atoms with Crippen molar-refractivity contribution < 1.29 is 9.59 Å². The van der Waals surface area contributed by atoms with Crippen molar-refractivity contribution in [1.82, 2.24) is 19.1 Å². The summed E-state index contributed by atoms with van der Waals surface area (Å²) in [5.41, 5.74) is 10.1. The Bertz CT molecular complexity index is 2070. The van der Waals surface area contributed by atoms with Crippen molar-refractivity contribution in [1.29, 1.82) is 0 Å². The summed E-state index contributed by atoms with van der Waals surface area (Å²) in [5, 5.41) is 2.27. The van der Waals surface area contributed by atoms with E-state index in [9.17, 15) is 14.4 Å². The van der Waals surface area contributed by atoms with Crippen LogP contribution in [0.3, 0.4) is 0 Å². The third kappa shape index (κ3) is 3.80. The Balaban J connectivity index is 1.19. The lowest BCUT2D eigenvalue weighted by Gasteiger charge is -2.18. The zero-order valence-corrected chi connectivity index (χ0v) is 21.4. The fraction of sp³-hybridized carbons (Fsp3) is 0.0938. The molecule has 0 aliphatic heterocycles. The summed E-state index contributed by atoms with van der Waals surface area (Å²) in [5.74, 6) is -0.234. The van der Waals surface area contributed by atoms with Gasteiger partial charge in [-0.25, -0.2) is 4.98 Å². The quantitative estimate of drug-likeness (QED) is 0.357. The number of hydrogen-bond donors (Lipinski definition) is 1. The second kappa shape index (κ2) is 9.13. The normalized spacial score (nSPS) is 12.6. The molecule has 2 aromatic heterocycles. The van der Waals surface area contributed by atoms with Gasteiger partial charge in [0.15, 0.2) is 22.7 Å². The summed E-state index contributed by atoms with van der Waals surface area (Å²) in [4.78, 5) is 47.6. The molecule has 0 atom stereocenters. The Morgan fingerprint density at radius 3 is 2.17 bits per heavy atom. The Morgan fingerprint density at radius 1 is 0.700 bits per heavy atom. The summed E-state index contributed by atoms with van der Waals surface area (Å²) < 4.78 is 3.51. The Kier molecular flexibility index (Phi) is 5.41. The van der Waals surface area contributed by atoms with E-state index >= 15 is 0 Å². The number of ketones is 2. The van der Waals surface area contributed by atoms with Gasteiger partial charge in [-0.05, 0) is 40.5 Å². The lowest BCUT2D eigenvalue weighted by molar-refractivity contribution is 0.0979. The molecule has 4 aromatic carbocycles. The van der Waals surface area contributed by atoms with Crippen molar-refractivity contribution in [2.24, 2.45) is 0 Å². The number of aryl methyl sites for hydroxylation is 2. The van der Waals surface area contributed by atoms with Gasteiger partial charge in [0.05, 0.1) is 6.33 Å². The lowest BCUT2D eigenvalue weighted by atomic mass is 9.83. The van der Waals surface area contributed by atoms with Gasteiger partial charge in [0.25, 0.3) is 0 Å². The molecule has 0 radical (unpaired) electrons. The first-order valence-electron chi connectivity index (χ1n) is 13.0. The van der Waals surface area contributed by atoms with E-state index in [-0.39, 0.29) is 17.5 Å². The predicted molar refractivity (Wildman–Crippen MR) is 153 cm³/mol. The molecule has 2 heterocycles. The highest BCUT2D eigenvalue weighted by Gasteiger charge is 2.29. The molecule has 0 amide bonds. The van der Waals surface area contributed by atoms with E-state index in [1.165, 1.54) is 0 Å². The van der Waals surface area contributed by atoms with E-state index in [4.69, 9.17) is 5.73 Å². The number of benzene rings is 4. The SMILES string of the molecule is Nc1nc(=O)c2c(ncn2Cc2ccc3ccccc3c2)n1CCc1ccc2c(c1)C(=O)c1ccccc1C2=O. The molecule has 40 heavy (non-hydrogen) atoms. The molecule has 7 rings (SSSR count). The Hall–Kier alpha value is -5.37. The van der Waals surface area contributed by atoms with Gasteiger partial charge >= 0.3 is 5.56 Å². The maximum absolute atomic E-state index is 13.1. The number of anilines is 1. The molecule has 0 saturated heterocycles. The van der Waals surface area contributed by atoms with Crippen LogP contribution in [-0.4, -0.2) is 30.7 Å². The van der Waals surface area contributed by atoms with Crippen LogP contribution in [0.2, 0.25) is 0 Å². The number of carbonyl (C=O) groups excluding carboxylic acids is 2. The van der Waals surface area contributed by atoms with Crippen LogP contribution in [0.4, 0.5) is 5.95 Å². The van der Waals surface area contributed by atoms with Crippen molar-refractivity contribution in [2.45, 2.75) is 19.5 Å². The van der Waals surface area contributed by atoms with E-state index in [0.29, 0.717) is 52.9 Å². The zero-order valence-electron chi connectivity index (χ0n) is 21.4. The van der Waals surface area contributed by atoms with Crippen molar-refractivity contribution >= 4 is 39.5 Å². The highest BCUT2D eigenvalue weighted by molar-refractivity contribution is 6.28. The summed E-state index contributed by atoms with van der Waals surface area (Å²) in [6, 6.07) is 26.5. The number of nitrogen functional groups attached to an aromatic ring is 1. The van der Waals surface area contributed by atoms with E-state index in [2.05, 4.69) is 34.2 Å². The van der Waals surface area contributed by atoms with Crippen LogP contribution in [0, 0.1) is 0 Å². The molecule has 0 spiro atoms. The number of fused-ring (bicyclic) bond motifs is 4. The fourth-order valence-electron chi connectivity index (χ4n) is 5.53. The number of aromatic nitrogens is 4. The first kappa shape index (κ1) is 23.7. The summed E-state index contributed by atoms with van der Waals surface area (Å²) in [6.07, 6.45) is 2.14. The van der Waals surface area contributed by atoms with Gasteiger partial charge in [-0.1, -0.05) is 72.8 Å². The first-order chi connectivity index (χ1) is 19.5. The molecular weight excluding hydrogens is 502 g/mol. The maximum atomic E-state index is 13.1. The average Bonchev–Trinajstić information content (AvgIpc) is 3.39. The number of nitrogens with zero attached hydrogens (tertiary/aromatic N) is 4. The molecule has 0 unspecified atom stereocenters. The highest BCUT2D eigenvalue weighted by atomic mass is 16.1. The van der Waals surface area contributed by atoms with Crippen LogP contribution >= 0.6 is 0 Å². The van der Waals surface area contributed by atoms with Gasteiger partial charge in [-0.3, -0.25) is 19.0 Å². The Labute approximate surface area is 228 Å². The third-order valence-electron chi connectivity index (χ3n) is 7.55. The van der Waals surface area contributed by atoms with Gasteiger partial charge in [-0.2, -0.15) is 4.98 Å². The van der Waals surface area contributed by atoms with Crippen LogP contribution in [-0.2, 0) is 19.5 Å². The zero-order chi connectivity index (χ0) is 27.4. The first-order valence-corrected chi connectivity index (χ1v) is 13.0. The van der Waals surface area contributed by atoms with E-state index in [1.54, 1.807) is 51.9 Å². The highest BCUT2D eigenvalue weighted by Crippen LogP contribution is 2.28. The van der Waals surface area contributed by atoms with Crippen LogP contribution in [0.1, 0.15) is 43.0 Å². The lowest BCUT2D eigenvalue weighted by Crippen LogP contribution is -2.22. The molecule has 2 N–H and O–H groups in total. The van der Waals surface area contributed by atoms with Gasteiger partial charge < -0.3 is 10.3 Å². The molecule has 8 nitrogen and oxygen atoms in total. The second-order valence-corrected chi connectivity index (χ2v) is 9.99. The molecule has 1 aliphatic rings. The molecule has 1 aliphatic carbocycles. The van der Waals surface area contributed by atoms with Crippen LogP contribution in [0.15, 0.2) is 96.1 Å². The Morgan fingerprint density at radius 2 is 1.38 bits per heavy atom. The minimum absolute atomic E-state index is 0.0756. The van der Waals surface area contributed by atoms with Crippen molar-refractivity contribution in [3.05, 3.63) is 135 Å². The number of hydrogen-bond acceptors (Lipinski definition) is 6. The van der Waals surface area contributed by atoms with E-state index in [0.717, 1.165) is 21.9 Å². The molecule has 0 bridgehead atoms. The summed E-state index contributed by atoms with van der Waals surface area (Å²) in [6.45, 7) is 0.852. The van der Waals surface area contributed by atoms with Gasteiger partial charge in [0, 0.05) is 35.3 Å². The van der Waals surface area contributed by atoms with Crippen LogP contribution in [0.5, 0.6) is 0 Å². The average molecular weight is 526 g/mol. The third-order valence-corrected chi connectivity index (χ3v) is 7.55. The minimum atomic E-state index is -0.432. The van der Waals surface area contributed by atoms with Crippen molar-refractivity contribution in [3.8, 4) is 0 Å². The summed E-state index contributed by atoms with van der Waals surface area (Å²) in [7, 11) is 0. The molecule has 8 heteroatoms. The maximum Gasteiger partial charge on any atom is 0.300 e. The van der Waals surface area contributed by atoms with Gasteiger partial charge in [0.1, 0.15) is 0 Å². The van der Waals surface area contributed by atoms with E-state index < -0.39 is 5.56 Å². The largest absolute Gasteiger partial charge is 0.369 e. The monoisotopic (exact) mass is 525 g/mol. The molecule has 0 fully saturated rings. The standard InChI is InChI=1S/C32H23N5O3/c33-32-35-31(40)27-30(34-18-36(27)17-20-9-11-21-5-1-2-6-22(21)15-20)37(32)14-13-19-10-12-25-26(16-19)29(39)24-8-4-3-7-23(24)28(25)38/h1-12,15-16,18H,13-14,17H2,(H2,33,35,40). The predicted octanol–water partition coefficient (Wildman–Crippen LogP) is 4.39. The number of nitrogens with two attached hydrogens (primary N) is 1. The van der Waals surface area contributed by atoms with Crippen LogP contribution in [0.25, 0.3) is 21.9 Å². The second-order valence-electron chi connectivity index (χ2n) is 9.99. The molecular formula is C32H23N5O3. The van der Waals surface area contributed by atoms with Gasteiger partial charge in [0.2, 0.25) is 5.95 Å². The van der Waals surface area contributed by atoms with E-state index in [1.807, 2.05) is 24.3 Å². The van der Waals surface area contributed by atoms with Crippen LogP contribution < -0.4 is 11.3 Å². The number of carbonyl (C=O) groups is 2. The number of rotatable bonds is 5. The number of imidazole rings is 1. The molecule has 194 valence electrons. The molecule has 0 saturated carbocycles. The summed E-state index contributed by atoms with van der Waals surface area (Å²) >= 11 is 0. The van der Waals surface area contributed by atoms with Gasteiger partial charge in [-0.15, -0.1) is 0 Å². The van der Waals surface area contributed by atoms with Crippen molar-refractivity contribution in [2.75, 3.05) is 5.73 Å². The topological polar surface area (TPSA) is 113 Å². The molecule has 6 aromatic rings.